The van der Waals surface area contributed by atoms with Crippen molar-refractivity contribution in [2.75, 3.05) is 0 Å². The first-order valence-corrected chi connectivity index (χ1v) is 7.72. The normalized spacial score (nSPS) is 19.1. The quantitative estimate of drug-likeness (QED) is 0.552. The Bertz CT molecular complexity index is 610. The SMILES string of the molecule is Cc1c(F)c(F)c(COC(=O)C2C(C)(C)C2(C)C)c(Br)c1F. The van der Waals surface area contributed by atoms with E-state index in [-0.39, 0.29) is 26.8 Å². The summed E-state index contributed by atoms with van der Waals surface area (Å²) in [6, 6.07) is 0. The third-order valence-corrected chi connectivity index (χ3v) is 6.02. The molecule has 1 fully saturated rings. The zero-order valence-corrected chi connectivity index (χ0v) is 14.7. The first-order chi connectivity index (χ1) is 9.94. The zero-order valence-electron chi connectivity index (χ0n) is 13.1. The average molecular weight is 379 g/mol. The summed E-state index contributed by atoms with van der Waals surface area (Å²) in [4.78, 5) is 12.1. The maximum absolute atomic E-state index is 13.9. The molecule has 2 rings (SSSR count). The molecule has 1 aromatic rings. The minimum atomic E-state index is -1.26. The van der Waals surface area contributed by atoms with Crippen LogP contribution in [0.5, 0.6) is 0 Å². The van der Waals surface area contributed by atoms with Crippen LogP contribution in [-0.2, 0) is 16.1 Å². The van der Waals surface area contributed by atoms with Gasteiger partial charge in [0.2, 0.25) is 0 Å². The number of hydrogen-bond acceptors (Lipinski definition) is 2. The van der Waals surface area contributed by atoms with Crippen LogP contribution >= 0.6 is 15.9 Å². The fraction of sp³-hybridized carbons (Fsp3) is 0.562. The lowest BCUT2D eigenvalue weighted by atomic mass is 10.0. The lowest BCUT2D eigenvalue weighted by molar-refractivity contribution is -0.148. The number of halogens is 4. The molecule has 0 saturated heterocycles. The maximum Gasteiger partial charge on any atom is 0.310 e. The van der Waals surface area contributed by atoms with E-state index in [2.05, 4.69) is 15.9 Å². The third-order valence-electron chi connectivity index (χ3n) is 5.19. The second-order valence-electron chi connectivity index (χ2n) is 6.84. The predicted molar refractivity (Wildman–Crippen MR) is 79.6 cm³/mol. The molecule has 1 aliphatic rings. The van der Waals surface area contributed by atoms with Gasteiger partial charge in [0.15, 0.2) is 11.6 Å². The molecule has 0 N–H and O–H groups in total. The molecule has 1 aromatic carbocycles. The van der Waals surface area contributed by atoms with E-state index in [1.54, 1.807) is 0 Å². The van der Waals surface area contributed by atoms with Crippen molar-refractivity contribution >= 4 is 21.9 Å². The summed E-state index contributed by atoms with van der Waals surface area (Å²) in [5.74, 6) is -4.16. The summed E-state index contributed by atoms with van der Waals surface area (Å²) < 4.78 is 46.2. The van der Waals surface area contributed by atoms with Gasteiger partial charge in [-0.05, 0) is 33.7 Å². The maximum atomic E-state index is 13.9. The van der Waals surface area contributed by atoms with Gasteiger partial charge in [-0.3, -0.25) is 4.79 Å². The van der Waals surface area contributed by atoms with Crippen LogP contribution in [0.25, 0.3) is 0 Å². The number of benzene rings is 1. The number of esters is 1. The lowest BCUT2D eigenvalue weighted by Gasteiger charge is -2.12. The molecule has 0 atom stereocenters. The van der Waals surface area contributed by atoms with Gasteiger partial charge in [0.05, 0.1) is 10.4 Å². The molecule has 0 spiro atoms. The Kier molecular flexibility index (Phi) is 4.13. The van der Waals surface area contributed by atoms with Crippen LogP contribution in [0, 0.1) is 41.1 Å². The van der Waals surface area contributed by atoms with Crippen LogP contribution in [0.3, 0.4) is 0 Å². The summed E-state index contributed by atoms with van der Waals surface area (Å²) in [5, 5.41) is 0. The van der Waals surface area contributed by atoms with E-state index in [0.717, 1.165) is 6.92 Å². The van der Waals surface area contributed by atoms with E-state index in [4.69, 9.17) is 4.74 Å². The molecule has 0 aromatic heterocycles. The number of ether oxygens (including phenoxy) is 1. The van der Waals surface area contributed by atoms with Gasteiger partial charge in [0, 0.05) is 11.1 Å². The summed E-state index contributed by atoms with van der Waals surface area (Å²) in [5.41, 5.74) is -1.18. The molecule has 0 bridgehead atoms. The molecular weight excluding hydrogens is 361 g/mol. The van der Waals surface area contributed by atoms with Gasteiger partial charge in [-0.15, -0.1) is 0 Å². The van der Waals surface area contributed by atoms with Crippen molar-refractivity contribution in [3.63, 3.8) is 0 Å². The lowest BCUT2D eigenvalue weighted by Crippen LogP contribution is -2.13. The summed E-state index contributed by atoms with van der Waals surface area (Å²) in [7, 11) is 0. The first-order valence-electron chi connectivity index (χ1n) is 6.92. The van der Waals surface area contributed by atoms with E-state index < -0.39 is 35.6 Å². The molecule has 22 heavy (non-hydrogen) atoms. The molecule has 0 radical (unpaired) electrons. The Balaban J connectivity index is 2.19. The highest BCUT2D eigenvalue weighted by Gasteiger charge is 2.69. The molecule has 0 heterocycles. The Hall–Kier alpha value is -1.04. The molecular formula is C16H18BrF3O2. The highest BCUT2D eigenvalue weighted by Crippen LogP contribution is 2.68. The highest BCUT2D eigenvalue weighted by molar-refractivity contribution is 9.10. The van der Waals surface area contributed by atoms with Gasteiger partial charge in [-0.1, -0.05) is 27.7 Å². The van der Waals surface area contributed by atoms with Crippen molar-refractivity contribution < 1.29 is 22.7 Å². The predicted octanol–water partition coefficient (Wildman–Crippen LogP) is 4.90. The van der Waals surface area contributed by atoms with Gasteiger partial charge in [-0.25, -0.2) is 13.2 Å². The van der Waals surface area contributed by atoms with E-state index in [1.165, 1.54) is 0 Å². The molecule has 6 heteroatoms. The van der Waals surface area contributed by atoms with Gasteiger partial charge in [-0.2, -0.15) is 0 Å². The van der Waals surface area contributed by atoms with Crippen LogP contribution in [0.2, 0.25) is 0 Å². The van der Waals surface area contributed by atoms with Crippen LogP contribution < -0.4 is 0 Å². The Labute approximate surface area is 136 Å². The first kappa shape index (κ1) is 17.3. The molecule has 0 unspecified atom stereocenters. The van der Waals surface area contributed by atoms with E-state index >= 15 is 0 Å². The Morgan fingerprint density at radius 1 is 1.09 bits per heavy atom. The minimum Gasteiger partial charge on any atom is -0.460 e. The number of carbonyl (C=O) groups is 1. The van der Waals surface area contributed by atoms with Crippen LogP contribution in [0.4, 0.5) is 13.2 Å². The zero-order chi connectivity index (χ0) is 17.0. The standard InChI is InChI=1S/C16H18BrF3O2/c1-7-10(18)9(17)8(12(20)11(7)19)6-22-14(21)13-15(2,3)16(13,4)5/h13H,6H2,1-5H3. The van der Waals surface area contributed by atoms with Gasteiger partial charge in [0.1, 0.15) is 12.4 Å². The number of rotatable bonds is 3. The Morgan fingerprint density at radius 2 is 1.59 bits per heavy atom. The second-order valence-corrected chi connectivity index (χ2v) is 7.64. The molecule has 122 valence electrons. The number of carbonyl (C=O) groups excluding carboxylic acids is 1. The molecule has 2 nitrogen and oxygen atoms in total. The second kappa shape index (κ2) is 5.25. The van der Waals surface area contributed by atoms with Gasteiger partial charge >= 0.3 is 5.97 Å². The van der Waals surface area contributed by atoms with Crippen LogP contribution in [0.15, 0.2) is 4.47 Å². The van der Waals surface area contributed by atoms with Gasteiger partial charge in [0.25, 0.3) is 0 Å². The van der Waals surface area contributed by atoms with Gasteiger partial charge < -0.3 is 4.74 Å². The summed E-state index contributed by atoms with van der Waals surface area (Å²) in [6.45, 7) is 8.41. The Morgan fingerprint density at radius 3 is 2.05 bits per heavy atom. The third kappa shape index (κ3) is 2.36. The summed E-state index contributed by atoms with van der Waals surface area (Å²) in [6.07, 6.45) is 0. The fourth-order valence-electron chi connectivity index (χ4n) is 2.93. The molecule has 0 aliphatic heterocycles. The smallest absolute Gasteiger partial charge is 0.310 e. The average Bonchev–Trinajstić information content (AvgIpc) is 2.84. The van der Waals surface area contributed by atoms with Crippen LogP contribution in [-0.4, -0.2) is 5.97 Å². The molecule has 0 amide bonds. The van der Waals surface area contributed by atoms with Crippen molar-refractivity contribution in [3.05, 3.63) is 33.1 Å². The van der Waals surface area contributed by atoms with Crippen molar-refractivity contribution in [2.24, 2.45) is 16.7 Å². The largest absolute Gasteiger partial charge is 0.460 e. The highest BCUT2D eigenvalue weighted by atomic mass is 79.9. The fourth-order valence-corrected chi connectivity index (χ4v) is 3.51. The van der Waals surface area contributed by atoms with Crippen molar-refractivity contribution in [1.82, 2.24) is 0 Å². The van der Waals surface area contributed by atoms with E-state index in [1.807, 2.05) is 27.7 Å². The van der Waals surface area contributed by atoms with Crippen LogP contribution in [0.1, 0.15) is 38.8 Å². The topological polar surface area (TPSA) is 26.3 Å². The molecule has 1 saturated carbocycles. The molecule has 1 aliphatic carbocycles. The van der Waals surface area contributed by atoms with E-state index in [0.29, 0.717) is 0 Å². The summed E-state index contributed by atoms with van der Waals surface area (Å²) >= 11 is 2.89. The van der Waals surface area contributed by atoms with Crippen molar-refractivity contribution in [2.45, 2.75) is 41.2 Å². The minimum absolute atomic E-state index is 0.217. The van der Waals surface area contributed by atoms with Crippen molar-refractivity contribution in [1.29, 1.82) is 0 Å². The monoisotopic (exact) mass is 378 g/mol. The van der Waals surface area contributed by atoms with Crippen molar-refractivity contribution in [3.8, 4) is 0 Å². The number of hydrogen-bond donors (Lipinski definition) is 0. The van der Waals surface area contributed by atoms with E-state index in [9.17, 15) is 18.0 Å².